The summed E-state index contributed by atoms with van der Waals surface area (Å²) >= 11 is 0. The van der Waals surface area contributed by atoms with Gasteiger partial charge in [-0.05, 0) is 30.3 Å². The Bertz CT molecular complexity index is 1090. The smallest absolute Gasteiger partial charge is 0.273 e. The Morgan fingerprint density at radius 2 is 1.81 bits per heavy atom. The Labute approximate surface area is 152 Å². The molecular formula is C18H14N4O5. The van der Waals surface area contributed by atoms with Crippen molar-refractivity contribution in [3.8, 4) is 23.0 Å². The Kier molecular flexibility index (Phi) is 4.40. The number of rotatable bonds is 6. The third kappa shape index (κ3) is 3.56. The minimum absolute atomic E-state index is 0.117. The third-order valence-corrected chi connectivity index (χ3v) is 3.76. The first-order chi connectivity index (χ1) is 13.2. The normalized spacial score (nSPS) is 10.8. The fourth-order valence-electron chi connectivity index (χ4n) is 2.45. The summed E-state index contributed by atoms with van der Waals surface area (Å²) in [6, 6.07) is 11.4. The fourth-order valence-corrected chi connectivity index (χ4v) is 2.45. The van der Waals surface area contributed by atoms with Gasteiger partial charge in [0.05, 0.1) is 19.1 Å². The number of nitrogens with zero attached hydrogens (tertiary/aromatic N) is 3. The predicted octanol–water partition coefficient (Wildman–Crippen LogP) is 2.18. The maximum Gasteiger partial charge on any atom is 0.273 e. The Hall–Kier alpha value is -3.88. The average molecular weight is 366 g/mol. The van der Waals surface area contributed by atoms with Crippen molar-refractivity contribution in [2.24, 2.45) is 0 Å². The van der Waals surface area contributed by atoms with Gasteiger partial charge in [0, 0.05) is 18.7 Å². The molecule has 0 saturated carbocycles. The van der Waals surface area contributed by atoms with Crippen molar-refractivity contribution in [1.82, 2.24) is 20.3 Å². The summed E-state index contributed by atoms with van der Waals surface area (Å²) in [5.74, 6) is 0.967. The summed E-state index contributed by atoms with van der Waals surface area (Å²) in [6.45, 7) is 0.387. The van der Waals surface area contributed by atoms with Crippen LogP contribution in [0.1, 0.15) is 10.5 Å². The summed E-state index contributed by atoms with van der Waals surface area (Å²) < 4.78 is 16.8. The van der Waals surface area contributed by atoms with Crippen LogP contribution in [0, 0.1) is 0 Å². The number of aromatic nitrogens is 3. The van der Waals surface area contributed by atoms with Gasteiger partial charge in [0.1, 0.15) is 5.69 Å². The van der Waals surface area contributed by atoms with Crippen LogP contribution in [-0.4, -0.2) is 27.4 Å². The Balaban J connectivity index is 1.39. The van der Waals surface area contributed by atoms with E-state index < -0.39 is 5.91 Å². The lowest BCUT2D eigenvalue weighted by atomic mass is 10.3. The van der Waals surface area contributed by atoms with Gasteiger partial charge in [0.25, 0.3) is 11.5 Å². The molecule has 9 heteroatoms. The predicted molar refractivity (Wildman–Crippen MR) is 92.7 cm³/mol. The summed E-state index contributed by atoms with van der Waals surface area (Å²) in [4.78, 5) is 24.1. The molecule has 136 valence electrons. The summed E-state index contributed by atoms with van der Waals surface area (Å²) in [5, 5.41) is 10.6. The molecule has 4 aromatic rings. The number of furan rings is 2. The van der Waals surface area contributed by atoms with Gasteiger partial charge < -0.3 is 18.7 Å². The fraction of sp³-hybridized carbons (Fsp3) is 0.111. The minimum atomic E-state index is -0.424. The summed E-state index contributed by atoms with van der Waals surface area (Å²) in [6.07, 6.45) is 3.03. The number of nitrogens with one attached hydrogen (secondary N) is 1. The minimum Gasteiger partial charge on any atom is -0.463 e. The van der Waals surface area contributed by atoms with Crippen molar-refractivity contribution in [3.63, 3.8) is 0 Å². The van der Waals surface area contributed by atoms with Crippen molar-refractivity contribution >= 4 is 5.91 Å². The van der Waals surface area contributed by atoms with E-state index in [1.54, 1.807) is 30.3 Å². The second kappa shape index (κ2) is 7.16. The van der Waals surface area contributed by atoms with E-state index in [1.807, 2.05) is 0 Å². The number of carbonyl (C=O) groups is 1. The molecule has 0 spiro atoms. The molecule has 0 atom stereocenters. The monoisotopic (exact) mass is 366 g/mol. The van der Waals surface area contributed by atoms with E-state index in [2.05, 4.69) is 15.6 Å². The van der Waals surface area contributed by atoms with Gasteiger partial charge in [0.2, 0.25) is 5.76 Å². The highest BCUT2D eigenvalue weighted by Crippen LogP contribution is 2.20. The van der Waals surface area contributed by atoms with Crippen LogP contribution in [0.2, 0.25) is 0 Å². The molecule has 0 aliphatic rings. The van der Waals surface area contributed by atoms with E-state index in [0.29, 0.717) is 23.0 Å². The van der Waals surface area contributed by atoms with Gasteiger partial charge in [-0.1, -0.05) is 5.16 Å². The van der Waals surface area contributed by atoms with Crippen LogP contribution in [-0.2, 0) is 6.54 Å². The standard InChI is InChI=1S/C18H14N4O5/c23-17-6-5-12(14-3-1-9-25-14)20-22(17)8-7-19-18(24)13-11-16(27-21-13)15-4-2-10-26-15/h1-6,9-11H,7-8H2,(H,19,24). The Morgan fingerprint density at radius 1 is 1.04 bits per heavy atom. The molecule has 1 amide bonds. The second-order valence-corrected chi connectivity index (χ2v) is 5.57. The van der Waals surface area contributed by atoms with E-state index in [-0.39, 0.29) is 24.3 Å². The van der Waals surface area contributed by atoms with Crippen LogP contribution in [0.25, 0.3) is 23.0 Å². The molecule has 0 saturated heterocycles. The highest BCUT2D eigenvalue weighted by molar-refractivity contribution is 5.92. The average Bonchev–Trinajstić information content (AvgIpc) is 3.43. The molecule has 9 nitrogen and oxygen atoms in total. The molecule has 1 N–H and O–H groups in total. The molecule has 27 heavy (non-hydrogen) atoms. The van der Waals surface area contributed by atoms with Gasteiger partial charge in [-0.3, -0.25) is 9.59 Å². The van der Waals surface area contributed by atoms with Crippen LogP contribution >= 0.6 is 0 Å². The zero-order valence-electron chi connectivity index (χ0n) is 14.0. The molecule has 0 aliphatic carbocycles. The Morgan fingerprint density at radius 3 is 2.56 bits per heavy atom. The first-order valence-electron chi connectivity index (χ1n) is 8.11. The second-order valence-electron chi connectivity index (χ2n) is 5.57. The van der Waals surface area contributed by atoms with Crippen molar-refractivity contribution in [1.29, 1.82) is 0 Å². The molecule has 0 bridgehead atoms. The van der Waals surface area contributed by atoms with Crippen LogP contribution in [0.5, 0.6) is 0 Å². The van der Waals surface area contributed by atoms with E-state index in [0.717, 1.165) is 0 Å². The first-order valence-corrected chi connectivity index (χ1v) is 8.11. The molecule has 0 radical (unpaired) electrons. The number of hydrogen-bond donors (Lipinski definition) is 1. The summed E-state index contributed by atoms with van der Waals surface area (Å²) in [5.41, 5.74) is 0.373. The van der Waals surface area contributed by atoms with E-state index >= 15 is 0 Å². The lowest BCUT2D eigenvalue weighted by Crippen LogP contribution is -2.32. The number of carbonyl (C=O) groups excluding carboxylic acids is 1. The van der Waals surface area contributed by atoms with E-state index in [1.165, 1.54) is 29.3 Å². The molecule has 4 heterocycles. The summed E-state index contributed by atoms with van der Waals surface area (Å²) in [7, 11) is 0. The van der Waals surface area contributed by atoms with Crippen LogP contribution < -0.4 is 10.9 Å². The van der Waals surface area contributed by atoms with E-state index in [9.17, 15) is 9.59 Å². The van der Waals surface area contributed by atoms with Crippen molar-refractivity contribution in [2.45, 2.75) is 6.54 Å². The highest BCUT2D eigenvalue weighted by atomic mass is 16.5. The van der Waals surface area contributed by atoms with Gasteiger partial charge in [-0.25, -0.2) is 4.68 Å². The quantitative estimate of drug-likeness (QED) is 0.556. The molecule has 0 unspecified atom stereocenters. The van der Waals surface area contributed by atoms with Gasteiger partial charge in [0.15, 0.2) is 17.2 Å². The zero-order chi connectivity index (χ0) is 18.6. The molecule has 0 fully saturated rings. The van der Waals surface area contributed by atoms with Gasteiger partial charge >= 0.3 is 0 Å². The van der Waals surface area contributed by atoms with Crippen molar-refractivity contribution in [2.75, 3.05) is 6.54 Å². The maximum atomic E-state index is 12.2. The van der Waals surface area contributed by atoms with Crippen molar-refractivity contribution in [3.05, 3.63) is 71.0 Å². The van der Waals surface area contributed by atoms with Crippen molar-refractivity contribution < 1.29 is 18.2 Å². The van der Waals surface area contributed by atoms with Crippen LogP contribution in [0.15, 0.2) is 73.1 Å². The number of hydrogen-bond acceptors (Lipinski definition) is 7. The zero-order valence-corrected chi connectivity index (χ0v) is 14.0. The molecule has 0 aromatic carbocycles. The van der Waals surface area contributed by atoms with Gasteiger partial charge in [-0.2, -0.15) is 5.10 Å². The lowest BCUT2D eigenvalue weighted by molar-refractivity contribution is 0.0942. The first kappa shape index (κ1) is 16.6. The SMILES string of the molecule is O=C(NCCn1nc(-c2ccco2)ccc1=O)c1cc(-c2ccco2)on1. The molecule has 4 aromatic heterocycles. The topological polar surface area (TPSA) is 116 Å². The lowest BCUT2D eigenvalue weighted by Gasteiger charge is -2.06. The molecule has 4 rings (SSSR count). The number of amides is 1. The molecule has 0 aliphatic heterocycles. The molecular weight excluding hydrogens is 352 g/mol. The highest BCUT2D eigenvalue weighted by Gasteiger charge is 2.15. The van der Waals surface area contributed by atoms with Gasteiger partial charge in [-0.15, -0.1) is 0 Å². The van der Waals surface area contributed by atoms with E-state index in [4.69, 9.17) is 13.4 Å². The van der Waals surface area contributed by atoms with Crippen LogP contribution in [0.3, 0.4) is 0 Å². The largest absolute Gasteiger partial charge is 0.463 e. The van der Waals surface area contributed by atoms with Crippen LogP contribution in [0.4, 0.5) is 0 Å². The third-order valence-electron chi connectivity index (χ3n) is 3.76. The maximum absolute atomic E-state index is 12.2.